The van der Waals surface area contributed by atoms with E-state index in [4.69, 9.17) is 5.73 Å². The highest BCUT2D eigenvalue weighted by atomic mass is 32.2. The van der Waals surface area contributed by atoms with E-state index in [0.29, 0.717) is 12.2 Å². The SMILES string of the molecule is Nc1ccc2c(c1)CCCN2CCSC(F)(F)F. The van der Waals surface area contributed by atoms with Crippen LogP contribution in [0.5, 0.6) is 0 Å². The predicted octanol–water partition coefficient (Wildman–Crippen LogP) is 3.27. The van der Waals surface area contributed by atoms with Gasteiger partial charge in [-0.25, -0.2) is 0 Å². The van der Waals surface area contributed by atoms with Crippen LogP contribution in [0, 0.1) is 0 Å². The Hall–Kier alpha value is -1.04. The molecule has 0 bridgehead atoms. The second kappa shape index (κ2) is 5.30. The first-order valence-electron chi connectivity index (χ1n) is 5.80. The van der Waals surface area contributed by atoms with Crippen LogP contribution in [-0.4, -0.2) is 24.4 Å². The first-order valence-corrected chi connectivity index (χ1v) is 6.78. The van der Waals surface area contributed by atoms with E-state index < -0.39 is 5.51 Å². The van der Waals surface area contributed by atoms with Crippen molar-refractivity contribution in [3.63, 3.8) is 0 Å². The third-order valence-corrected chi connectivity index (χ3v) is 3.66. The van der Waals surface area contributed by atoms with Gasteiger partial charge in [0.2, 0.25) is 0 Å². The maximum atomic E-state index is 12.1. The van der Waals surface area contributed by atoms with Crippen molar-refractivity contribution in [1.29, 1.82) is 0 Å². The number of halogens is 3. The molecule has 100 valence electrons. The molecule has 0 aliphatic carbocycles. The minimum atomic E-state index is -4.14. The van der Waals surface area contributed by atoms with Crippen molar-refractivity contribution in [3.05, 3.63) is 23.8 Å². The van der Waals surface area contributed by atoms with Crippen molar-refractivity contribution < 1.29 is 13.2 Å². The van der Waals surface area contributed by atoms with Gasteiger partial charge in [-0.3, -0.25) is 0 Å². The highest BCUT2D eigenvalue weighted by Crippen LogP contribution is 2.32. The van der Waals surface area contributed by atoms with E-state index in [-0.39, 0.29) is 17.5 Å². The molecule has 2 rings (SSSR count). The van der Waals surface area contributed by atoms with Crippen molar-refractivity contribution in [3.8, 4) is 0 Å². The molecule has 0 amide bonds. The Kier molecular flexibility index (Phi) is 3.94. The Morgan fingerprint density at radius 2 is 2.11 bits per heavy atom. The molecule has 0 atom stereocenters. The molecule has 0 fully saturated rings. The number of alkyl halides is 3. The van der Waals surface area contributed by atoms with E-state index in [0.717, 1.165) is 30.6 Å². The maximum absolute atomic E-state index is 12.1. The monoisotopic (exact) mass is 276 g/mol. The van der Waals surface area contributed by atoms with Crippen molar-refractivity contribution in [1.82, 2.24) is 0 Å². The lowest BCUT2D eigenvalue weighted by molar-refractivity contribution is -0.0327. The standard InChI is InChI=1S/C12H15F3N2S/c13-12(14,15)18-7-6-17-5-1-2-9-8-10(16)3-4-11(9)17/h3-4,8H,1-2,5-7,16H2. The van der Waals surface area contributed by atoms with Crippen LogP contribution in [0.1, 0.15) is 12.0 Å². The van der Waals surface area contributed by atoms with Crippen LogP contribution < -0.4 is 10.6 Å². The number of fused-ring (bicyclic) bond motifs is 1. The van der Waals surface area contributed by atoms with Crippen LogP contribution in [-0.2, 0) is 6.42 Å². The normalized spacial score (nSPS) is 15.6. The number of nitrogens with two attached hydrogens (primary N) is 1. The van der Waals surface area contributed by atoms with Crippen molar-refractivity contribution in [2.45, 2.75) is 18.3 Å². The Bertz CT molecular complexity index is 420. The topological polar surface area (TPSA) is 29.3 Å². The third-order valence-electron chi connectivity index (χ3n) is 2.95. The summed E-state index contributed by atoms with van der Waals surface area (Å²) in [5.41, 5.74) is 4.45. The molecule has 0 radical (unpaired) electrons. The molecule has 1 aliphatic rings. The minimum absolute atomic E-state index is 0.0387. The second-order valence-electron chi connectivity index (χ2n) is 4.27. The number of benzene rings is 1. The summed E-state index contributed by atoms with van der Waals surface area (Å²) in [6.07, 6.45) is 1.91. The van der Waals surface area contributed by atoms with Crippen LogP contribution in [0.2, 0.25) is 0 Å². The van der Waals surface area contributed by atoms with Gasteiger partial charge in [-0.1, -0.05) is 0 Å². The van der Waals surface area contributed by atoms with E-state index in [1.54, 1.807) is 6.07 Å². The van der Waals surface area contributed by atoms with Crippen molar-refractivity contribution in [2.24, 2.45) is 0 Å². The van der Waals surface area contributed by atoms with E-state index in [1.807, 2.05) is 17.0 Å². The van der Waals surface area contributed by atoms with Crippen molar-refractivity contribution >= 4 is 23.1 Å². The smallest absolute Gasteiger partial charge is 0.399 e. The van der Waals surface area contributed by atoms with Gasteiger partial charge >= 0.3 is 5.51 Å². The number of aryl methyl sites for hydroxylation is 1. The lowest BCUT2D eigenvalue weighted by Gasteiger charge is -2.31. The molecule has 1 aromatic carbocycles. The van der Waals surface area contributed by atoms with Gasteiger partial charge in [0.1, 0.15) is 0 Å². The summed E-state index contributed by atoms with van der Waals surface area (Å²) in [5.74, 6) is 0.0628. The molecule has 0 unspecified atom stereocenters. The van der Waals surface area contributed by atoms with Crippen LogP contribution in [0.25, 0.3) is 0 Å². The Morgan fingerprint density at radius 3 is 2.83 bits per heavy atom. The van der Waals surface area contributed by atoms with E-state index in [1.165, 1.54) is 0 Å². The third kappa shape index (κ3) is 3.48. The van der Waals surface area contributed by atoms with Crippen LogP contribution >= 0.6 is 11.8 Å². The molecule has 1 aromatic rings. The molecule has 1 aliphatic heterocycles. The largest absolute Gasteiger partial charge is 0.441 e. The molecule has 2 N–H and O–H groups in total. The summed E-state index contributed by atoms with van der Waals surface area (Å²) in [6, 6.07) is 5.62. The number of hydrogen-bond donors (Lipinski definition) is 1. The molecule has 2 nitrogen and oxygen atoms in total. The molecule has 0 saturated heterocycles. The number of rotatable bonds is 3. The van der Waals surface area contributed by atoms with Gasteiger partial charge in [0.05, 0.1) is 0 Å². The fourth-order valence-electron chi connectivity index (χ4n) is 2.20. The highest BCUT2D eigenvalue weighted by Gasteiger charge is 2.28. The van der Waals surface area contributed by atoms with E-state index >= 15 is 0 Å². The van der Waals surface area contributed by atoms with Crippen LogP contribution in [0.3, 0.4) is 0 Å². The molecule has 1 heterocycles. The quantitative estimate of drug-likeness (QED) is 0.859. The summed E-state index contributed by atoms with van der Waals surface area (Å²) in [4.78, 5) is 2.01. The zero-order valence-electron chi connectivity index (χ0n) is 9.83. The molecule has 6 heteroatoms. The van der Waals surface area contributed by atoms with Gasteiger partial charge in [-0.15, -0.1) is 0 Å². The number of nitrogen functional groups attached to an aromatic ring is 1. The fourth-order valence-corrected chi connectivity index (χ4v) is 2.74. The molecule has 0 spiro atoms. The van der Waals surface area contributed by atoms with E-state index in [2.05, 4.69) is 0 Å². The first-order chi connectivity index (χ1) is 8.46. The minimum Gasteiger partial charge on any atom is -0.399 e. The van der Waals surface area contributed by atoms with Gasteiger partial charge in [0, 0.05) is 30.2 Å². The van der Waals surface area contributed by atoms with Crippen LogP contribution in [0.15, 0.2) is 18.2 Å². The van der Waals surface area contributed by atoms with Crippen molar-refractivity contribution in [2.75, 3.05) is 29.5 Å². The average molecular weight is 276 g/mol. The van der Waals surface area contributed by atoms with Gasteiger partial charge in [-0.2, -0.15) is 13.2 Å². The molecule has 0 aromatic heterocycles. The Morgan fingerprint density at radius 1 is 1.33 bits per heavy atom. The zero-order valence-corrected chi connectivity index (χ0v) is 10.7. The number of hydrogen-bond acceptors (Lipinski definition) is 3. The highest BCUT2D eigenvalue weighted by molar-refractivity contribution is 8.00. The summed E-state index contributed by atoms with van der Waals surface area (Å²) in [7, 11) is 0. The van der Waals surface area contributed by atoms with Gasteiger partial charge in [0.25, 0.3) is 0 Å². The first kappa shape index (κ1) is 13.4. The average Bonchev–Trinajstić information content (AvgIpc) is 2.27. The second-order valence-corrected chi connectivity index (χ2v) is 5.43. The van der Waals surface area contributed by atoms with E-state index in [9.17, 15) is 13.2 Å². The lowest BCUT2D eigenvalue weighted by Crippen LogP contribution is -2.31. The number of thioether (sulfide) groups is 1. The lowest BCUT2D eigenvalue weighted by atomic mass is 10.0. The molecular weight excluding hydrogens is 261 g/mol. The number of anilines is 2. The molecular formula is C12H15F3N2S. The molecule has 18 heavy (non-hydrogen) atoms. The van der Waals surface area contributed by atoms with Gasteiger partial charge in [-0.05, 0) is 48.4 Å². The van der Waals surface area contributed by atoms with Crippen LogP contribution in [0.4, 0.5) is 24.5 Å². The Labute approximate surface area is 108 Å². The number of nitrogens with zero attached hydrogens (tertiary/aromatic N) is 1. The predicted molar refractivity (Wildman–Crippen MR) is 69.9 cm³/mol. The fraction of sp³-hybridized carbons (Fsp3) is 0.500. The summed E-state index contributed by atoms with van der Waals surface area (Å²) in [5, 5.41) is 0. The van der Waals surface area contributed by atoms with Gasteiger partial charge < -0.3 is 10.6 Å². The molecule has 0 saturated carbocycles. The Balaban J connectivity index is 2.00. The summed E-state index contributed by atoms with van der Waals surface area (Å²) >= 11 is 0.0387. The zero-order chi connectivity index (χ0) is 13.2. The van der Waals surface area contributed by atoms with Gasteiger partial charge in [0.15, 0.2) is 0 Å². The maximum Gasteiger partial charge on any atom is 0.441 e. The summed E-state index contributed by atoms with van der Waals surface area (Å²) < 4.78 is 36.3. The summed E-state index contributed by atoms with van der Waals surface area (Å²) in [6.45, 7) is 1.23.